The number of aliphatic hydroxyl groups excluding tert-OH is 2. The molecule has 0 aromatic carbocycles. The first-order chi connectivity index (χ1) is 13.6. The van der Waals surface area contributed by atoms with Crippen molar-refractivity contribution in [3.05, 3.63) is 24.0 Å². The van der Waals surface area contributed by atoms with E-state index in [2.05, 4.69) is 20.9 Å². The highest BCUT2D eigenvalue weighted by Gasteiger charge is 2.35. The van der Waals surface area contributed by atoms with E-state index >= 15 is 0 Å². The van der Waals surface area contributed by atoms with Crippen LogP contribution in [0.5, 0.6) is 0 Å². The molecule has 0 amide bonds. The van der Waals surface area contributed by atoms with E-state index in [4.69, 9.17) is 4.84 Å². The summed E-state index contributed by atoms with van der Waals surface area (Å²) in [6.07, 6.45) is 7.92. The van der Waals surface area contributed by atoms with Gasteiger partial charge in [0.2, 0.25) is 0 Å². The van der Waals surface area contributed by atoms with Crippen LogP contribution < -0.4 is 10.8 Å². The molecule has 0 saturated heterocycles. The van der Waals surface area contributed by atoms with Gasteiger partial charge in [-0.1, -0.05) is 0 Å². The summed E-state index contributed by atoms with van der Waals surface area (Å²) < 4.78 is 1.83. The summed E-state index contributed by atoms with van der Waals surface area (Å²) in [6.45, 7) is 2.01. The van der Waals surface area contributed by atoms with E-state index in [9.17, 15) is 15.0 Å². The van der Waals surface area contributed by atoms with E-state index in [1.165, 1.54) is 0 Å². The molecule has 4 rings (SSSR count). The van der Waals surface area contributed by atoms with Crippen LogP contribution in [0.3, 0.4) is 0 Å². The van der Waals surface area contributed by atoms with Crippen LogP contribution in [-0.2, 0) is 16.2 Å². The molecule has 1 aliphatic heterocycles. The number of nitrogens with zero attached hydrogens (tertiary/aromatic N) is 3. The molecule has 9 heteroatoms. The Morgan fingerprint density at radius 1 is 1.32 bits per heavy atom. The summed E-state index contributed by atoms with van der Waals surface area (Å²) in [5.74, 6) is 0.307. The molecule has 0 unspecified atom stereocenters. The summed E-state index contributed by atoms with van der Waals surface area (Å²) >= 11 is 0. The summed E-state index contributed by atoms with van der Waals surface area (Å²) in [5, 5.41) is 28.1. The van der Waals surface area contributed by atoms with Gasteiger partial charge in [-0.05, 0) is 25.8 Å². The molecule has 1 aliphatic carbocycles. The van der Waals surface area contributed by atoms with Gasteiger partial charge in [0.1, 0.15) is 5.78 Å². The molecule has 150 valence electrons. The number of hydroxylamine groups is 1. The first-order valence-electron chi connectivity index (χ1n) is 9.61. The standard InChI is InChI=1S/C19H25N5O4/c1-2-24-18-15(9-21-24)17(22-12-3-5-13(27)6-4-12)14(8-20-18)16-7-19(10-25,11-26)28-23-16/h7-9,12,23,25-26H,2-6,10-11H2,1H3,(H,20,22). The molecule has 2 aromatic heterocycles. The maximum Gasteiger partial charge on any atom is 0.162 e. The van der Waals surface area contributed by atoms with Crippen molar-refractivity contribution in [2.24, 2.45) is 0 Å². The molecular formula is C19H25N5O4. The lowest BCUT2D eigenvalue weighted by molar-refractivity contribution is -0.120. The van der Waals surface area contributed by atoms with Crippen LogP contribution >= 0.6 is 0 Å². The number of aryl methyl sites for hydroxylation is 1. The molecule has 0 radical (unpaired) electrons. The topological polar surface area (TPSA) is 122 Å². The largest absolute Gasteiger partial charge is 0.393 e. The number of rotatable bonds is 6. The highest BCUT2D eigenvalue weighted by atomic mass is 16.7. The van der Waals surface area contributed by atoms with E-state index in [-0.39, 0.29) is 19.3 Å². The molecule has 0 spiro atoms. The molecule has 9 nitrogen and oxygen atoms in total. The first-order valence-corrected chi connectivity index (χ1v) is 9.61. The van der Waals surface area contributed by atoms with Crippen molar-refractivity contribution in [1.82, 2.24) is 20.2 Å². The molecule has 1 saturated carbocycles. The van der Waals surface area contributed by atoms with Crippen molar-refractivity contribution in [3.63, 3.8) is 0 Å². The van der Waals surface area contributed by atoms with Crippen LogP contribution in [0.4, 0.5) is 5.69 Å². The Kier molecular flexibility index (Phi) is 5.05. The normalized spacial score (nSPS) is 19.7. The number of hydrogen-bond acceptors (Lipinski definition) is 8. The lowest BCUT2D eigenvalue weighted by atomic mass is 9.93. The fourth-order valence-corrected chi connectivity index (χ4v) is 3.72. The number of anilines is 1. The second-order valence-electron chi connectivity index (χ2n) is 7.34. The smallest absolute Gasteiger partial charge is 0.162 e. The van der Waals surface area contributed by atoms with Crippen LogP contribution in [0.25, 0.3) is 16.7 Å². The summed E-state index contributed by atoms with van der Waals surface area (Å²) in [5.41, 5.74) is 4.66. The highest BCUT2D eigenvalue weighted by Crippen LogP contribution is 2.35. The van der Waals surface area contributed by atoms with Crippen LogP contribution in [-0.4, -0.2) is 55.6 Å². The Labute approximate surface area is 162 Å². The first kappa shape index (κ1) is 18.9. The Morgan fingerprint density at radius 3 is 2.71 bits per heavy atom. The average molecular weight is 387 g/mol. The van der Waals surface area contributed by atoms with Gasteiger partial charge in [0.25, 0.3) is 0 Å². The van der Waals surface area contributed by atoms with E-state index in [0.29, 0.717) is 30.9 Å². The minimum Gasteiger partial charge on any atom is -0.393 e. The molecule has 4 N–H and O–H groups in total. The van der Waals surface area contributed by atoms with Gasteiger partial charge in [0.15, 0.2) is 11.2 Å². The predicted octanol–water partition coefficient (Wildman–Crippen LogP) is 0.974. The Hall–Kier alpha value is -2.49. The highest BCUT2D eigenvalue weighted by molar-refractivity contribution is 5.96. The maximum absolute atomic E-state index is 11.6. The van der Waals surface area contributed by atoms with Crippen molar-refractivity contribution in [3.8, 4) is 0 Å². The molecule has 1 fully saturated rings. The number of carbonyl (C=O) groups is 1. The van der Waals surface area contributed by atoms with Crippen molar-refractivity contribution in [2.75, 3.05) is 18.5 Å². The van der Waals surface area contributed by atoms with Crippen molar-refractivity contribution < 1.29 is 19.8 Å². The zero-order valence-corrected chi connectivity index (χ0v) is 15.8. The number of nitrogens with one attached hydrogen (secondary N) is 2. The van der Waals surface area contributed by atoms with E-state index in [0.717, 1.165) is 35.1 Å². The van der Waals surface area contributed by atoms with Crippen LogP contribution in [0.15, 0.2) is 18.5 Å². The van der Waals surface area contributed by atoms with E-state index < -0.39 is 5.60 Å². The lowest BCUT2D eigenvalue weighted by Crippen LogP contribution is -2.37. The maximum atomic E-state index is 11.6. The van der Waals surface area contributed by atoms with Crippen molar-refractivity contribution >= 4 is 28.2 Å². The molecule has 28 heavy (non-hydrogen) atoms. The third kappa shape index (κ3) is 3.25. The number of ketones is 1. The number of pyridine rings is 1. The number of carbonyl (C=O) groups excluding carboxylic acids is 1. The van der Waals surface area contributed by atoms with Gasteiger partial charge >= 0.3 is 0 Å². The summed E-state index contributed by atoms with van der Waals surface area (Å²) in [6, 6.07) is 0.176. The SMILES string of the molecule is CCn1ncc2c(NC3CCC(=O)CC3)c(C3=CC(CO)(CO)ON3)cnc21. The second kappa shape index (κ2) is 7.50. The molecule has 0 atom stereocenters. The van der Waals surface area contributed by atoms with Gasteiger partial charge in [-0.3, -0.25) is 15.1 Å². The summed E-state index contributed by atoms with van der Waals surface area (Å²) in [4.78, 5) is 21.6. The minimum atomic E-state index is -1.17. The average Bonchev–Trinajstić information content (AvgIpc) is 3.34. The molecular weight excluding hydrogens is 362 g/mol. The number of aromatic nitrogens is 3. The van der Waals surface area contributed by atoms with Gasteiger partial charge in [-0.15, -0.1) is 0 Å². The minimum absolute atomic E-state index is 0.176. The number of hydrogen-bond donors (Lipinski definition) is 4. The van der Waals surface area contributed by atoms with Crippen LogP contribution in [0.1, 0.15) is 38.2 Å². The molecule has 2 aliphatic rings. The fraction of sp³-hybridized carbons (Fsp3) is 0.526. The van der Waals surface area contributed by atoms with E-state index in [1.54, 1.807) is 18.5 Å². The van der Waals surface area contributed by atoms with Crippen LogP contribution in [0, 0.1) is 0 Å². The number of fused-ring (bicyclic) bond motifs is 1. The Morgan fingerprint density at radius 2 is 2.07 bits per heavy atom. The zero-order valence-electron chi connectivity index (χ0n) is 15.8. The van der Waals surface area contributed by atoms with Gasteiger partial charge in [-0.2, -0.15) is 5.10 Å². The third-order valence-corrected chi connectivity index (χ3v) is 5.45. The molecule has 3 heterocycles. The Balaban J connectivity index is 1.76. The van der Waals surface area contributed by atoms with Gasteiger partial charge < -0.3 is 15.5 Å². The number of aliphatic hydroxyl groups is 2. The number of Topliss-reactive ketones (excluding diaryl/α,β-unsaturated/α-hetero) is 1. The summed E-state index contributed by atoms with van der Waals surface area (Å²) in [7, 11) is 0. The Bertz CT molecular complexity index is 908. The quantitative estimate of drug-likeness (QED) is 0.579. The van der Waals surface area contributed by atoms with Crippen LogP contribution in [0.2, 0.25) is 0 Å². The van der Waals surface area contributed by atoms with Crippen molar-refractivity contribution in [2.45, 2.75) is 50.8 Å². The third-order valence-electron chi connectivity index (χ3n) is 5.45. The van der Waals surface area contributed by atoms with E-state index in [1.807, 2.05) is 11.6 Å². The monoisotopic (exact) mass is 387 g/mol. The molecule has 2 aromatic rings. The fourth-order valence-electron chi connectivity index (χ4n) is 3.72. The van der Waals surface area contributed by atoms with Gasteiger partial charge in [0, 0.05) is 37.2 Å². The second-order valence-corrected chi connectivity index (χ2v) is 7.34. The molecule has 0 bridgehead atoms. The van der Waals surface area contributed by atoms with Gasteiger partial charge in [-0.25, -0.2) is 9.67 Å². The zero-order chi connectivity index (χ0) is 19.7. The van der Waals surface area contributed by atoms with Gasteiger partial charge in [0.05, 0.1) is 36.2 Å². The predicted molar refractivity (Wildman–Crippen MR) is 103 cm³/mol. The van der Waals surface area contributed by atoms with Crippen molar-refractivity contribution in [1.29, 1.82) is 0 Å². The lowest BCUT2D eigenvalue weighted by Gasteiger charge is -2.25.